The summed E-state index contributed by atoms with van der Waals surface area (Å²) in [6.07, 6.45) is 4.29. The Bertz CT molecular complexity index is 605. The molecule has 3 rings (SSSR count). The molecular formula is C16H26N6O2. The molecule has 132 valence electrons. The van der Waals surface area contributed by atoms with Crippen molar-refractivity contribution in [2.45, 2.75) is 24.8 Å². The lowest BCUT2D eigenvalue weighted by Gasteiger charge is -2.44. The summed E-state index contributed by atoms with van der Waals surface area (Å²) < 4.78 is 1.65. The smallest absolute Gasteiger partial charge is 0.240 e. The van der Waals surface area contributed by atoms with Gasteiger partial charge in [0.05, 0.1) is 6.54 Å². The fourth-order valence-corrected chi connectivity index (χ4v) is 3.63. The van der Waals surface area contributed by atoms with Gasteiger partial charge in [-0.2, -0.15) is 5.10 Å². The largest absolute Gasteiger partial charge is 0.354 e. The molecule has 2 saturated heterocycles. The van der Waals surface area contributed by atoms with E-state index in [2.05, 4.69) is 25.5 Å². The number of piperidine rings is 1. The van der Waals surface area contributed by atoms with Crippen molar-refractivity contribution in [3.63, 3.8) is 0 Å². The van der Waals surface area contributed by atoms with E-state index in [0.717, 1.165) is 45.4 Å². The summed E-state index contributed by atoms with van der Waals surface area (Å²) >= 11 is 0. The van der Waals surface area contributed by atoms with Crippen LogP contribution in [-0.2, 0) is 16.6 Å². The van der Waals surface area contributed by atoms with E-state index in [4.69, 9.17) is 0 Å². The van der Waals surface area contributed by atoms with Crippen LogP contribution in [0.25, 0.3) is 0 Å². The normalized spacial score (nSPS) is 22.2. The molecule has 2 fully saturated rings. The fourth-order valence-electron chi connectivity index (χ4n) is 3.63. The van der Waals surface area contributed by atoms with Crippen molar-refractivity contribution < 1.29 is 9.59 Å². The highest BCUT2D eigenvalue weighted by atomic mass is 16.2. The van der Waals surface area contributed by atoms with E-state index >= 15 is 0 Å². The lowest BCUT2D eigenvalue weighted by atomic mass is 9.85. The molecule has 0 unspecified atom stereocenters. The first-order valence-electron chi connectivity index (χ1n) is 8.51. The number of aromatic nitrogens is 2. The molecule has 2 N–H and O–H groups in total. The second kappa shape index (κ2) is 6.90. The minimum Gasteiger partial charge on any atom is -0.354 e. The number of hydrogen-bond acceptors (Lipinski definition) is 5. The molecule has 8 heteroatoms. The lowest BCUT2D eigenvalue weighted by molar-refractivity contribution is -0.135. The Morgan fingerprint density at radius 1 is 1.33 bits per heavy atom. The molecule has 3 heterocycles. The molecule has 2 amide bonds. The maximum absolute atomic E-state index is 12.5. The van der Waals surface area contributed by atoms with Gasteiger partial charge >= 0.3 is 0 Å². The van der Waals surface area contributed by atoms with Gasteiger partial charge in [-0.15, -0.1) is 0 Å². The van der Waals surface area contributed by atoms with Crippen LogP contribution in [0.5, 0.6) is 0 Å². The van der Waals surface area contributed by atoms with Gasteiger partial charge in [0.15, 0.2) is 5.82 Å². The number of anilines is 1. The van der Waals surface area contributed by atoms with Crippen molar-refractivity contribution >= 4 is 17.6 Å². The standard InChI is InChI=1S/C16H26N6O2/c1-20-8-3-7-17-15(24)16(20)5-10-22(11-6-16)12-14(23)18-13-4-9-21(2)19-13/h4,9H,3,5-8,10-12H2,1-2H3,(H,17,24)(H,18,19,23). The van der Waals surface area contributed by atoms with Gasteiger partial charge in [-0.05, 0) is 26.3 Å². The van der Waals surface area contributed by atoms with Crippen LogP contribution in [0.2, 0.25) is 0 Å². The zero-order valence-corrected chi connectivity index (χ0v) is 14.4. The highest BCUT2D eigenvalue weighted by Gasteiger charge is 2.45. The van der Waals surface area contributed by atoms with E-state index in [-0.39, 0.29) is 11.8 Å². The van der Waals surface area contributed by atoms with Crippen molar-refractivity contribution in [3.05, 3.63) is 12.3 Å². The molecular weight excluding hydrogens is 308 g/mol. The van der Waals surface area contributed by atoms with E-state index in [1.54, 1.807) is 16.9 Å². The highest BCUT2D eigenvalue weighted by Crippen LogP contribution is 2.29. The van der Waals surface area contributed by atoms with E-state index in [9.17, 15) is 9.59 Å². The van der Waals surface area contributed by atoms with Crippen LogP contribution in [0, 0.1) is 0 Å². The van der Waals surface area contributed by atoms with Gasteiger partial charge in [-0.25, -0.2) is 0 Å². The van der Waals surface area contributed by atoms with Gasteiger partial charge in [0, 0.05) is 45.5 Å². The molecule has 0 aliphatic carbocycles. The highest BCUT2D eigenvalue weighted by molar-refractivity contribution is 5.91. The van der Waals surface area contributed by atoms with Crippen LogP contribution in [0.4, 0.5) is 5.82 Å². The van der Waals surface area contributed by atoms with Crippen LogP contribution in [0.1, 0.15) is 19.3 Å². The van der Waals surface area contributed by atoms with Gasteiger partial charge in [0.1, 0.15) is 5.54 Å². The van der Waals surface area contributed by atoms with Gasteiger partial charge in [-0.1, -0.05) is 0 Å². The molecule has 8 nitrogen and oxygen atoms in total. The Hall–Kier alpha value is -1.93. The van der Waals surface area contributed by atoms with Crippen LogP contribution < -0.4 is 10.6 Å². The van der Waals surface area contributed by atoms with Gasteiger partial charge in [0.25, 0.3) is 0 Å². The molecule has 24 heavy (non-hydrogen) atoms. The van der Waals surface area contributed by atoms with Crippen LogP contribution >= 0.6 is 0 Å². The zero-order valence-electron chi connectivity index (χ0n) is 14.4. The molecule has 0 bridgehead atoms. The summed E-state index contributed by atoms with van der Waals surface area (Å²) in [5.74, 6) is 0.641. The topological polar surface area (TPSA) is 82.5 Å². The Labute approximate surface area is 142 Å². The SMILES string of the molecule is CN1CCCNC(=O)C12CCN(CC(=O)Nc1ccn(C)n1)CC2. The minimum absolute atomic E-state index is 0.0664. The summed E-state index contributed by atoms with van der Waals surface area (Å²) in [5.41, 5.74) is -0.412. The molecule has 0 saturated carbocycles. The second-order valence-electron chi connectivity index (χ2n) is 6.76. The molecule has 0 aromatic carbocycles. The average molecular weight is 334 g/mol. The summed E-state index contributed by atoms with van der Waals surface area (Å²) in [7, 11) is 3.85. The Kier molecular flexibility index (Phi) is 4.86. The second-order valence-corrected chi connectivity index (χ2v) is 6.76. The number of rotatable bonds is 3. The van der Waals surface area contributed by atoms with E-state index < -0.39 is 5.54 Å². The molecule has 1 aromatic rings. The number of nitrogens with zero attached hydrogens (tertiary/aromatic N) is 4. The number of carbonyl (C=O) groups excluding carboxylic acids is 2. The van der Waals surface area contributed by atoms with Crippen LogP contribution in [0.15, 0.2) is 12.3 Å². The summed E-state index contributed by atoms with van der Waals surface area (Å²) in [6.45, 7) is 3.50. The number of nitrogens with one attached hydrogen (secondary N) is 2. The Balaban J connectivity index is 1.54. The predicted molar refractivity (Wildman–Crippen MR) is 90.5 cm³/mol. The van der Waals surface area contributed by atoms with Gasteiger partial charge in [-0.3, -0.25) is 24.1 Å². The lowest BCUT2D eigenvalue weighted by Crippen LogP contribution is -2.61. The van der Waals surface area contributed by atoms with Crippen LogP contribution in [-0.4, -0.2) is 76.7 Å². The number of likely N-dealkylation sites (N-methyl/N-ethyl adjacent to an activating group) is 1. The predicted octanol–water partition coefficient (Wildman–Crippen LogP) is -0.355. The molecule has 2 aliphatic heterocycles. The van der Waals surface area contributed by atoms with Crippen LogP contribution in [0.3, 0.4) is 0 Å². The first-order chi connectivity index (χ1) is 11.5. The third-order valence-corrected chi connectivity index (χ3v) is 5.14. The first kappa shape index (κ1) is 16.9. The Morgan fingerprint density at radius 3 is 2.75 bits per heavy atom. The van der Waals surface area contributed by atoms with E-state index in [1.807, 2.05) is 14.1 Å². The third kappa shape index (κ3) is 3.44. The van der Waals surface area contributed by atoms with Crippen molar-refractivity contribution in [2.24, 2.45) is 7.05 Å². The number of amides is 2. The van der Waals surface area contributed by atoms with Gasteiger partial charge < -0.3 is 10.6 Å². The van der Waals surface area contributed by atoms with E-state index in [0.29, 0.717) is 12.4 Å². The van der Waals surface area contributed by atoms with Crippen molar-refractivity contribution in [3.8, 4) is 0 Å². The quantitative estimate of drug-likeness (QED) is 0.789. The average Bonchev–Trinajstić information content (AvgIpc) is 2.90. The van der Waals surface area contributed by atoms with E-state index in [1.165, 1.54) is 0 Å². The zero-order chi connectivity index (χ0) is 17.2. The number of aryl methyl sites for hydroxylation is 1. The molecule has 0 atom stereocenters. The number of hydrogen-bond donors (Lipinski definition) is 2. The molecule has 1 spiro atoms. The van der Waals surface area contributed by atoms with Crippen molar-refractivity contribution in [1.82, 2.24) is 24.9 Å². The monoisotopic (exact) mass is 334 g/mol. The maximum Gasteiger partial charge on any atom is 0.240 e. The fraction of sp³-hybridized carbons (Fsp3) is 0.688. The van der Waals surface area contributed by atoms with Crippen molar-refractivity contribution in [2.75, 3.05) is 45.1 Å². The molecule has 1 aromatic heterocycles. The molecule has 2 aliphatic rings. The maximum atomic E-state index is 12.5. The van der Waals surface area contributed by atoms with Gasteiger partial charge in [0.2, 0.25) is 11.8 Å². The molecule has 0 radical (unpaired) electrons. The first-order valence-corrected chi connectivity index (χ1v) is 8.51. The third-order valence-electron chi connectivity index (χ3n) is 5.14. The number of carbonyl (C=O) groups is 2. The Morgan fingerprint density at radius 2 is 2.08 bits per heavy atom. The minimum atomic E-state index is -0.412. The van der Waals surface area contributed by atoms with Crippen molar-refractivity contribution in [1.29, 1.82) is 0 Å². The summed E-state index contributed by atoms with van der Waals surface area (Å²) in [6, 6.07) is 1.77. The summed E-state index contributed by atoms with van der Waals surface area (Å²) in [5, 5.41) is 9.99. The number of likely N-dealkylation sites (tertiary alicyclic amines) is 1. The summed E-state index contributed by atoms with van der Waals surface area (Å²) in [4.78, 5) is 29.0.